The highest BCUT2D eigenvalue weighted by Crippen LogP contribution is 2.35. The maximum atomic E-state index is 13.3. The molecule has 0 spiro atoms. The lowest BCUT2D eigenvalue weighted by molar-refractivity contribution is 0.103. The lowest BCUT2D eigenvalue weighted by Crippen LogP contribution is -2.23. The highest BCUT2D eigenvalue weighted by molar-refractivity contribution is 7.20. The first kappa shape index (κ1) is 18.5. The standard InChI is InChI=1S/C18H18ClFN4OS/c1-4-24(5-2)16-14-10(3)15(26-18(14)22-9-21-16)17(25)23-11-6-7-13(20)12(19)8-11/h6-9H,4-5H2,1-3H3,(H,23,25). The van der Waals surface area contributed by atoms with Gasteiger partial charge in [-0.05, 0) is 44.5 Å². The number of hydrogen-bond donors (Lipinski definition) is 1. The van der Waals surface area contributed by atoms with Crippen molar-refractivity contribution in [2.75, 3.05) is 23.3 Å². The average Bonchev–Trinajstić information content (AvgIpc) is 2.97. The lowest BCUT2D eigenvalue weighted by atomic mass is 10.2. The molecule has 0 saturated heterocycles. The van der Waals surface area contributed by atoms with Crippen molar-refractivity contribution in [2.45, 2.75) is 20.8 Å². The largest absolute Gasteiger partial charge is 0.357 e. The van der Waals surface area contributed by atoms with E-state index in [1.807, 2.05) is 6.92 Å². The van der Waals surface area contributed by atoms with Crippen molar-refractivity contribution in [3.05, 3.63) is 45.8 Å². The Labute approximate surface area is 159 Å². The van der Waals surface area contributed by atoms with Gasteiger partial charge in [0, 0.05) is 18.8 Å². The number of rotatable bonds is 5. The van der Waals surface area contributed by atoms with Crippen LogP contribution in [0.4, 0.5) is 15.9 Å². The summed E-state index contributed by atoms with van der Waals surface area (Å²) >= 11 is 7.09. The molecule has 136 valence electrons. The third kappa shape index (κ3) is 3.37. The number of amides is 1. The molecule has 0 aliphatic heterocycles. The third-order valence-corrected chi connectivity index (χ3v) is 5.64. The zero-order chi connectivity index (χ0) is 18.8. The fraction of sp³-hybridized carbons (Fsp3) is 0.278. The second-order valence-electron chi connectivity index (χ2n) is 5.69. The third-order valence-electron chi connectivity index (χ3n) is 4.15. The fourth-order valence-electron chi connectivity index (χ4n) is 2.79. The van der Waals surface area contributed by atoms with Crippen LogP contribution in [0.15, 0.2) is 24.5 Å². The molecule has 1 N–H and O–H groups in total. The van der Waals surface area contributed by atoms with Crippen LogP contribution in [-0.2, 0) is 0 Å². The van der Waals surface area contributed by atoms with E-state index >= 15 is 0 Å². The second kappa shape index (κ2) is 7.55. The van der Waals surface area contributed by atoms with Crippen molar-refractivity contribution in [3.8, 4) is 0 Å². The van der Waals surface area contributed by atoms with Crippen LogP contribution >= 0.6 is 22.9 Å². The molecular weight excluding hydrogens is 375 g/mol. The van der Waals surface area contributed by atoms with E-state index in [0.717, 1.165) is 34.7 Å². The minimum atomic E-state index is -0.526. The number of aryl methyl sites for hydroxylation is 1. The number of benzene rings is 1. The summed E-state index contributed by atoms with van der Waals surface area (Å²) in [6, 6.07) is 4.08. The van der Waals surface area contributed by atoms with E-state index in [2.05, 4.69) is 34.0 Å². The highest BCUT2D eigenvalue weighted by atomic mass is 35.5. The zero-order valence-electron chi connectivity index (χ0n) is 14.6. The van der Waals surface area contributed by atoms with Gasteiger partial charge in [0.05, 0.1) is 15.3 Å². The Bertz CT molecular complexity index is 971. The summed E-state index contributed by atoms with van der Waals surface area (Å²) in [6.07, 6.45) is 1.52. The molecule has 2 heterocycles. The summed E-state index contributed by atoms with van der Waals surface area (Å²) in [7, 11) is 0. The lowest BCUT2D eigenvalue weighted by Gasteiger charge is -2.20. The van der Waals surface area contributed by atoms with Crippen molar-refractivity contribution in [2.24, 2.45) is 0 Å². The predicted molar refractivity (Wildman–Crippen MR) is 105 cm³/mol. The molecule has 3 aromatic rings. The molecule has 0 radical (unpaired) electrons. The number of aromatic nitrogens is 2. The molecule has 0 atom stereocenters. The summed E-state index contributed by atoms with van der Waals surface area (Å²) in [5, 5.41) is 3.62. The number of thiophene rings is 1. The summed E-state index contributed by atoms with van der Waals surface area (Å²) in [5.41, 5.74) is 1.27. The van der Waals surface area contributed by atoms with Crippen LogP contribution in [0, 0.1) is 12.7 Å². The Balaban J connectivity index is 2.00. The van der Waals surface area contributed by atoms with Crippen LogP contribution in [0.2, 0.25) is 5.02 Å². The molecule has 26 heavy (non-hydrogen) atoms. The average molecular weight is 393 g/mol. The number of nitrogens with one attached hydrogen (secondary N) is 1. The highest BCUT2D eigenvalue weighted by Gasteiger charge is 2.21. The number of carbonyl (C=O) groups is 1. The topological polar surface area (TPSA) is 58.1 Å². The van der Waals surface area contributed by atoms with E-state index in [0.29, 0.717) is 10.6 Å². The second-order valence-corrected chi connectivity index (χ2v) is 7.10. The quantitative estimate of drug-likeness (QED) is 0.671. The number of hydrogen-bond acceptors (Lipinski definition) is 5. The van der Waals surface area contributed by atoms with Gasteiger partial charge in [-0.2, -0.15) is 0 Å². The molecule has 3 rings (SSSR count). The molecule has 0 saturated carbocycles. The van der Waals surface area contributed by atoms with E-state index in [9.17, 15) is 9.18 Å². The van der Waals surface area contributed by atoms with Crippen LogP contribution in [0.25, 0.3) is 10.2 Å². The number of carbonyl (C=O) groups excluding carboxylic acids is 1. The van der Waals surface area contributed by atoms with Gasteiger partial charge >= 0.3 is 0 Å². The smallest absolute Gasteiger partial charge is 0.266 e. The van der Waals surface area contributed by atoms with Crippen LogP contribution in [0.3, 0.4) is 0 Å². The van der Waals surface area contributed by atoms with Crippen molar-refractivity contribution < 1.29 is 9.18 Å². The molecule has 0 aliphatic carbocycles. The number of nitrogens with zero attached hydrogens (tertiary/aromatic N) is 3. The minimum absolute atomic E-state index is 0.0365. The van der Waals surface area contributed by atoms with Crippen molar-refractivity contribution >= 4 is 50.6 Å². The minimum Gasteiger partial charge on any atom is -0.357 e. The maximum absolute atomic E-state index is 13.3. The van der Waals surface area contributed by atoms with Crippen LogP contribution in [0.5, 0.6) is 0 Å². The van der Waals surface area contributed by atoms with Gasteiger partial charge in [-0.15, -0.1) is 11.3 Å². The van der Waals surface area contributed by atoms with Crippen molar-refractivity contribution in [1.82, 2.24) is 9.97 Å². The maximum Gasteiger partial charge on any atom is 0.266 e. The van der Waals surface area contributed by atoms with E-state index in [1.165, 1.54) is 35.9 Å². The molecule has 0 aliphatic rings. The van der Waals surface area contributed by atoms with Gasteiger partial charge in [0.1, 0.15) is 22.8 Å². The normalized spacial score (nSPS) is 11.0. The molecule has 8 heteroatoms. The van der Waals surface area contributed by atoms with Gasteiger partial charge in [0.15, 0.2) is 0 Å². The molecule has 0 bridgehead atoms. The number of halogens is 2. The summed E-state index contributed by atoms with van der Waals surface area (Å²) in [5.74, 6) is 0.0261. The Morgan fingerprint density at radius 2 is 2.04 bits per heavy atom. The van der Waals surface area contributed by atoms with Crippen LogP contribution in [-0.4, -0.2) is 29.0 Å². The first-order chi connectivity index (χ1) is 12.5. The number of anilines is 2. The van der Waals surface area contributed by atoms with Crippen LogP contribution in [0.1, 0.15) is 29.1 Å². The van der Waals surface area contributed by atoms with Crippen LogP contribution < -0.4 is 10.2 Å². The molecular formula is C18H18ClFN4OS. The molecule has 2 aromatic heterocycles. The Morgan fingerprint density at radius 3 is 2.69 bits per heavy atom. The van der Waals surface area contributed by atoms with Crippen molar-refractivity contribution in [1.29, 1.82) is 0 Å². The van der Waals surface area contributed by atoms with E-state index < -0.39 is 5.82 Å². The van der Waals surface area contributed by atoms with E-state index in [4.69, 9.17) is 11.6 Å². The molecule has 1 aromatic carbocycles. The SMILES string of the molecule is CCN(CC)c1ncnc2sc(C(=O)Nc3ccc(F)c(Cl)c3)c(C)c12. The van der Waals surface area contributed by atoms with Gasteiger partial charge in [-0.3, -0.25) is 4.79 Å². The molecule has 0 unspecified atom stereocenters. The number of fused-ring (bicyclic) bond motifs is 1. The first-order valence-corrected chi connectivity index (χ1v) is 9.41. The van der Waals surface area contributed by atoms with Gasteiger partial charge in [-0.1, -0.05) is 11.6 Å². The van der Waals surface area contributed by atoms with Gasteiger partial charge in [0.2, 0.25) is 0 Å². The van der Waals surface area contributed by atoms with Gasteiger partial charge < -0.3 is 10.2 Å². The Morgan fingerprint density at radius 1 is 1.31 bits per heavy atom. The van der Waals surface area contributed by atoms with Gasteiger partial charge in [0.25, 0.3) is 5.91 Å². The predicted octanol–water partition coefficient (Wildman–Crippen LogP) is 4.89. The molecule has 0 fully saturated rings. The summed E-state index contributed by atoms with van der Waals surface area (Å²) in [4.78, 5) is 24.9. The fourth-order valence-corrected chi connectivity index (χ4v) is 4.01. The Kier molecular flexibility index (Phi) is 5.38. The van der Waals surface area contributed by atoms with Crippen molar-refractivity contribution in [3.63, 3.8) is 0 Å². The summed E-state index contributed by atoms with van der Waals surface area (Å²) in [6.45, 7) is 7.64. The Hall–Kier alpha value is -2.25. The van der Waals surface area contributed by atoms with E-state index in [1.54, 1.807) is 0 Å². The van der Waals surface area contributed by atoms with Gasteiger partial charge in [-0.25, -0.2) is 14.4 Å². The van der Waals surface area contributed by atoms with E-state index in [-0.39, 0.29) is 10.9 Å². The first-order valence-electron chi connectivity index (χ1n) is 8.21. The molecule has 1 amide bonds. The molecule has 5 nitrogen and oxygen atoms in total. The summed E-state index contributed by atoms with van der Waals surface area (Å²) < 4.78 is 13.3. The monoisotopic (exact) mass is 392 g/mol. The zero-order valence-corrected chi connectivity index (χ0v) is 16.2.